The predicted molar refractivity (Wildman–Crippen MR) is 121 cm³/mol. The molecule has 3 aromatic carbocycles. The first-order valence-electron chi connectivity index (χ1n) is 9.63. The maximum Gasteiger partial charge on any atom is 0.335 e. The number of aromatic carboxylic acids is 1. The van der Waals surface area contributed by atoms with Crippen molar-refractivity contribution in [1.29, 1.82) is 0 Å². The third-order valence-electron chi connectivity index (χ3n) is 4.73. The van der Waals surface area contributed by atoms with Crippen molar-refractivity contribution in [2.75, 3.05) is 4.90 Å². The van der Waals surface area contributed by atoms with Gasteiger partial charge in [-0.15, -0.1) is 0 Å². The number of aryl methyl sites for hydroxylation is 1. The largest absolute Gasteiger partial charge is 0.478 e. The Balaban J connectivity index is 1.94. The van der Waals surface area contributed by atoms with Gasteiger partial charge in [-0.05, 0) is 59.5 Å². The standard InChI is InChI=1S/C25H22ClNO3/c1-2-20-7-3-4-9-23(20)27(17-19-6-5-8-21(16-19)25(29)30)24(28)15-12-18-10-13-22(26)14-11-18/h3-16H,2,17H2,1H3,(H,29,30)/b15-12+. The smallest absolute Gasteiger partial charge is 0.335 e. The molecule has 1 amide bonds. The van der Waals surface area contributed by atoms with E-state index in [1.165, 1.54) is 6.08 Å². The van der Waals surface area contributed by atoms with Crippen LogP contribution >= 0.6 is 11.6 Å². The first-order valence-corrected chi connectivity index (χ1v) is 10.0. The normalized spacial score (nSPS) is 10.9. The molecule has 0 aromatic heterocycles. The third kappa shape index (κ3) is 5.37. The number of hydrogen-bond acceptors (Lipinski definition) is 2. The number of carbonyl (C=O) groups excluding carboxylic acids is 1. The lowest BCUT2D eigenvalue weighted by atomic mass is 10.1. The van der Waals surface area contributed by atoms with Crippen molar-refractivity contribution in [3.05, 3.63) is 106 Å². The van der Waals surface area contributed by atoms with E-state index in [-0.39, 0.29) is 18.0 Å². The minimum absolute atomic E-state index is 0.188. The highest BCUT2D eigenvalue weighted by Crippen LogP contribution is 2.24. The van der Waals surface area contributed by atoms with E-state index in [4.69, 9.17) is 11.6 Å². The molecule has 0 aliphatic heterocycles. The molecule has 1 N–H and O–H groups in total. The number of carbonyl (C=O) groups is 2. The van der Waals surface area contributed by atoms with Gasteiger partial charge in [0.15, 0.2) is 0 Å². The zero-order valence-electron chi connectivity index (χ0n) is 16.6. The van der Waals surface area contributed by atoms with E-state index >= 15 is 0 Å². The lowest BCUT2D eigenvalue weighted by Crippen LogP contribution is -2.29. The monoisotopic (exact) mass is 419 g/mol. The Labute approximate surface area is 181 Å². The van der Waals surface area contributed by atoms with E-state index in [2.05, 4.69) is 0 Å². The Hall–Kier alpha value is -3.37. The fourth-order valence-corrected chi connectivity index (χ4v) is 3.30. The van der Waals surface area contributed by atoms with Crippen molar-refractivity contribution in [2.24, 2.45) is 0 Å². The van der Waals surface area contributed by atoms with Crippen LogP contribution < -0.4 is 4.90 Å². The summed E-state index contributed by atoms with van der Waals surface area (Å²) >= 11 is 5.92. The quantitative estimate of drug-likeness (QED) is 0.489. The molecule has 0 saturated carbocycles. The molecule has 0 radical (unpaired) electrons. The summed E-state index contributed by atoms with van der Waals surface area (Å²) < 4.78 is 0. The zero-order valence-corrected chi connectivity index (χ0v) is 17.3. The SMILES string of the molecule is CCc1ccccc1N(Cc1cccc(C(=O)O)c1)C(=O)/C=C/c1ccc(Cl)cc1. The lowest BCUT2D eigenvalue weighted by Gasteiger charge is -2.24. The van der Waals surface area contributed by atoms with Crippen LogP contribution in [0.5, 0.6) is 0 Å². The van der Waals surface area contributed by atoms with Crippen LogP contribution in [0.2, 0.25) is 5.02 Å². The molecule has 152 valence electrons. The molecule has 5 heteroatoms. The molecule has 4 nitrogen and oxygen atoms in total. The van der Waals surface area contributed by atoms with Crippen LogP contribution in [0.15, 0.2) is 78.9 Å². The summed E-state index contributed by atoms with van der Waals surface area (Å²) in [4.78, 5) is 26.2. The maximum absolute atomic E-state index is 13.2. The molecule has 0 aliphatic carbocycles. The van der Waals surface area contributed by atoms with Crippen LogP contribution in [0, 0.1) is 0 Å². The van der Waals surface area contributed by atoms with E-state index in [9.17, 15) is 14.7 Å². The predicted octanol–water partition coefficient (Wildman–Crippen LogP) is 5.85. The summed E-state index contributed by atoms with van der Waals surface area (Å²) in [6.07, 6.45) is 4.04. The van der Waals surface area contributed by atoms with Crippen LogP contribution in [-0.2, 0) is 17.8 Å². The van der Waals surface area contributed by atoms with Gasteiger partial charge in [-0.1, -0.05) is 61.0 Å². The topological polar surface area (TPSA) is 57.6 Å². The van der Waals surface area contributed by atoms with Crippen molar-refractivity contribution in [2.45, 2.75) is 19.9 Å². The number of carboxylic acid groups (broad SMARTS) is 1. The molecular weight excluding hydrogens is 398 g/mol. The molecule has 3 rings (SSSR count). The number of carboxylic acids is 1. The zero-order chi connectivity index (χ0) is 21.5. The van der Waals surface area contributed by atoms with Crippen molar-refractivity contribution in [3.8, 4) is 0 Å². The van der Waals surface area contributed by atoms with Crippen molar-refractivity contribution in [3.63, 3.8) is 0 Å². The number of anilines is 1. The molecule has 0 atom stereocenters. The Bertz CT molecular complexity index is 1070. The summed E-state index contributed by atoms with van der Waals surface area (Å²) in [7, 11) is 0. The molecule has 0 saturated heterocycles. The van der Waals surface area contributed by atoms with Gasteiger partial charge >= 0.3 is 5.97 Å². The molecule has 30 heavy (non-hydrogen) atoms. The van der Waals surface area contributed by atoms with E-state index in [1.54, 1.807) is 41.3 Å². The number of nitrogens with zero attached hydrogens (tertiary/aromatic N) is 1. The number of benzene rings is 3. The van der Waals surface area contributed by atoms with Gasteiger partial charge in [-0.25, -0.2) is 4.79 Å². The van der Waals surface area contributed by atoms with Gasteiger partial charge in [-0.2, -0.15) is 0 Å². The van der Waals surface area contributed by atoms with Gasteiger partial charge in [0, 0.05) is 16.8 Å². The van der Waals surface area contributed by atoms with E-state index in [1.807, 2.05) is 49.4 Å². The molecule has 0 heterocycles. The van der Waals surface area contributed by atoms with Crippen LogP contribution in [0.4, 0.5) is 5.69 Å². The van der Waals surface area contributed by atoms with Gasteiger partial charge in [0.25, 0.3) is 5.91 Å². The first kappa shape index (κ1) is 21.3. The third-order valence-corrected chi connectivity index (χ3v) is 4.98. The average Bonchev–Trinajstić information content (AvgIpc) is 2.77. The van der Waals surface area contributed by atoms with Crippen LogP contribution in [0.25, 0.3) is 6.08 Å². The molecule has 3 aromatic rings. The summed E-state index contributed by atoms with van der Waals surface area (Å²) in [6, 6.07) is 21.6. The summed E-state index contributed by atoms with van der Waals surface area (Å²) in [5.41, 5.74) is 3.66. The Morgan fingerprint density at radius 2 is 1.73 bits per heavy atom. The summed E-state index contributed by atoms with van der Waals surface area (Å²) in [5.74, 6) is -1.18. The molecule has 0 unspecified atom stereocenters. The van der Waals surface area contributed by atoms with Gasteiger partial charge in [0.2, 0.25) is 0 Å². The minimum atomic E-state index is -0.994. The summed E-state index contributed by atoms with van der Waals surface area (Å²) in [5, 5.41) is 9.91. The van der Waals surface area contributed by atoms with Gasteiger partial charge in [-0.3, -0.25) is 4.79 Å². The molecular formula is C25H22ClNO3. The second-order valence-corrected chi connectivity index (χ2v) is 7.23. The molecule has 0 fully saturated rings. The highest BCUT2D eigenvalue weighted by molar-refractivity contribution is 6.30. The van der Waals surface area contributed by atoms with Crippen LogP contribution in [-0.4, -0.2) is 17.0 Å². The van der Waals surface area contributed by atoms with Crippen LogP contribution in [0.1, 0.15) is 34.0 Å². The molecule has 0 spiro atoms. The highest BCUT2D eigenvalue weighted by atomic mass is 35.5. The second-order valence-electron chi connectivity index (χ2n) is 6.80. The van der Waals surface area contributed by atoms with Crippen molar-refractivity contribution < 1.29 is 14.7 Å². The number of hydrogen-bond donors (Lipinski definition) is 1. The van der Waals surface area contributed by atoms with Gasteiger partial charge in [0.05, 0.1) is 12.1 Å². The van der Waals surface area contributed by atoms with Crippen LogP contribution in [0.3, 0.4) is 0 Å². The molecule has 0 bridgehead atoms. The Morgan fingerprint density at radius 1 is 1.00 bits per heavy atom. The second kappa shape index (κ2) is 9.90. The van der Waals surface area contributed by atoms with Crippen molar-refractivity contribution in [1.82, 2.24) is 0 Å². The lowest BCUT2D eigenvalue weighted by molar-refractivity contribution is -0.114. The fourth-order valence-electron chi connectivity index (χ4n) is 3.17. The number of para-hydroxylation sites is 1. The van der Waals surface area contributed by atoms with E-state index < -0.39 is 5.97 Å². The maximum atomic E-state index is 13.2. The van der Waals surface area contributed by atoms with Crippen molar-refractivity contribution >= 4 is 35.2 Å². The van der Waals surface area contributed by atoms with Gasteiger partial charge < -0.3 is 10.0 Å². The average molecular weight is 420 g/mol. The Kier molecular flexibility index (Phi) is 7.04. The fraction of sp³-hybridized carbons (Fsp3) is 0.120. The van der Waals surface area contributed by atoms with Gasteiger partial charge in [0.1, 0.15) is 0 Å². The number of rotatable bonds is 7. The highest BCUT2D eigenvalue weighted by Gasteiger charge is 2.17. The summed E-state index contributed by atoms with van der Waals surface area (Å²) in [6.45, 7) is 2.30. The Morgan fingerprint density at radius 3 is 2.43 bits per heavy atom. The van der Waals surface area contributed by atoms with E-state index in [0.717, 1.165) is 28.8 Å². The molecule has 0 aliphatic rings. The first-order chi connectivity index (χ1) is 14.5. The minimum Gasteiger partial charge on any atom is -0.478 e. The number of halogens is 1. The number of amides is 1. The van der Waals surface area contributed by atoms with E-state index in [0.29, 0.717) is 5.02 Å².